The largest absolute Gasteiger partial charge is 0.379 e. The Hall–Kier alpha value is -1.88. The number of hydrogen-bond acceptors (Lipinski definition) is 4. The summed E-state index contributed by atoms with van der Waals surface area (Å²) in [4.78, 5) is 15.0. The molecule has 2 rings (SSSR count). The van der Waals surface area contributed by atoms with Crippen molar-refractivity contribution in [1.82, 2.24) is 4.98 Å². The van der Waals surface area contributed by atoms with Gasteiger partial charge in [0.1, 0.15) is 0 Å². The summed E-state index contributed by atoms with van der Waals surface area (Å²) in [5.41, 5.74) is 4.65. The molecule has 1 aromatic heterocycles. The molecule has 2 N–H and O–H groups in total. The number of anilines is 2. The first-order chi connectivity index (χ1) is 8.24. The minimum atomic E-state index is -0.0619. The van der Waals surface area contributed by atoms with Gasteiger partial charge in [0.2, 0.25) is 5.91 Å². The van der Waals surface area contributed by atoms with Gasteiger partial charge in [-0.25, -0.2) is 4.98 Å². The number of aromatic nitrogens is 1. The van der Waals surface area contributed by atoms with Crippen molar-refractivity contribution in [3.05, 3.63) is 40.8 Å². The molecule has 0 unspecified atom stereocenters. The molecule has 1 heterocycles. The SMILES string of the molecule is CC(=O)Nc1ccc(NCc2cscn2)cc1. The molecule has 0 bridgehead atoms. The average molecular weight is 247 g/mol. The zero-order chi connectivity index (χ0) is 12.1. The normalized spacial score (nSPS) is 9.94. The maximum atomic E-state index is 10.8. The Bertz CT molecular complexity index is 479. The lowest BCUT2D eigenvalue weighted by atomic mass is 10.2. The Balaban J connectivity index is 1.91. The van der Waals surface area contributed by atoms with Crippen LogP contribution in [0.5, 0.6) is 0 Å². The zero-order valence-electron chi connectivity index (χ0n) is 9.43. The number of thiazole rings is 1. The van der Waals surface area contributed by atoms with Gasteiger partial charge in [-0.05, 0) is 24.3 Å². The Kier molecular flexibility index (Phi) is 3.72. The molecule has 4 nitrogen and oxygen atoms in total. The van der Waals surface area contributed by atoms with E-state index in [1.807, 2.05) is 35.2 Å². The summed E-state index contributed by atoms with van der Waals surface area (Å²) in [6.45, 7) is 2.21. The smallest absolute Gasteiger partial charge is 0.221 e. The van der Waals surface area contributed by atoms with Crippen molar-refractivity contribution >= 4 is 28.6 Å². The van der Waals surface area contributed by atoms with Gasteiger partial charge in [0, 0.05) is 23.7 Å². The number of carbonyl (C=O) groups is 1. The van der Waals surface area contributed by atoms with Crippen LogP contribution in [0.2, 0.25) is 0 Å². The van der Waals surface area contributed by atoms with E-state index in [2.05, 4.69) is 15.6 Å². The van der Waals surface area contributed by atoms with Crippen molar-refractivity contribution in [2.24, 2.45) is 0 Å². The van der Waals surface area contributed by atoms with Crippen LogP contribution in [-0.2, 0) is 11.3 Å². The number of rotatable bonds is 4. The fourth-order valence-electron chi connectivity index (χ4n) is 1.39. The lowest BCUT2D eigenvalue weighted by Gasteiger charge is -2.06. The molecule has 0 aliphatic rings. The molecule has 0 aliphatic carbocycles. The second kappa shape index (κ2) is 5.45. The first-order valence-corrected chi connectivity index (χ1v) is 6.17. The summed E-state index contributed by atoms with van der Waals surface area (Å²) in [6, 6.07) is 7.59. The van der Waals surface area contributed by atoms with Crippen molar-refractivity contribution in [1.29, 1.82) is 0 Å². The second-order valence-corrected chi connectivity index (χ2v) is 4.31. The third kappa shape index (κ3) is 3.57. The Morgan fingerprint density at radius 2 is 2.00 bits per heavy atom. The number of carbonyl (C=O) groups excluding carboxylic acids is 1. The summed E-state index contributed by atoms with van der Waals surface area (Å²) < 4.78 is 0. The van der Waals surface area contributed by atoms with Crippen molar-refractivity contribution in [3.63, 3.8) is 0 Å². The number of benzene rings is 1. The van der Waals surface area contributed by atoms with Crippen LogP contribution in [0.15, 0.2) is 35.2 Å². The van der Waals surface area contributed by atoms with E-state index in [1.54, 1.807) is 11.3 Å². The van der Waals surface area contributed by atoms with Crippen molar-refractivity contribution in [2.45, 2.75) is 13.5 Å². The molecule has 1 aromatic carbocycles. The molecule has 0 saturated carbocycles. The molecule has 88 valence electrons. The summed E-state index contributed by atoms with van der Waals surface area (Å²) in [5, 5.41) is 8.00. The predicted molar refractivity (Wildman–Crippen MR) is 70.2 cm³/mol. The van der Waals surface area contributed by atoms with Crippen molar-refractivity contribution in [3.8, 4) is 0 Å². The van der Waals surface area contributed by atoms with Crippen LogP contribution in [0.1, 0.15) is 12.6 Å². The van der Waals surface area contributed by atoms with E-state index < -0.39 is 0 Å². The Labute approximate surface area is 104 Å². The first-order valence-electron chi connectivity index (χ1n) is 5.22. The Morgan fingerprint density at radius 1 is 1.29 bits per heavy atom. The maximum absolute atomic E-state index is 10.8. The van der Waals surface area contributed by atoms with Crippen LogP contribution >= 0.6 is 11.3 Å². The molecule has 1 amide bonds. The third-order valence-corrected chi connectivity index (χ3v) is 2.80. The van der Waals surface area contributed by atoms with E-state index in [-0.39, 0.29) is 5.91 Å². The quantitative estimate of drug-likeness (QED) is 0.873. The molecular weight excluding hydrogens is 234 g/mol. The number of amides is 1. The number of nitrogens with zero attached hydrogens (tertiary/aromatic N) is 1. The van der Waals surface area contributed by atoms with Gasteiger partial charge in [-0.2, -0.15) is 0 Å². The highest BCUT2D eigenvalue weighted by Crippen LogP contribution is 2.14. The topological polar surface area (TPSA) is 54.0 Å². The van der Waals surface area contributed by atoms with Gasteiger partial charge in [-0.15, -0.1) is 11.3 Å². The standard InChI is InChI=1S/C12H13N3OS/c1-9(16)15-11-4-2-10(3-5-11)13-6-12-7-17-8-14-12/h2-5,7-8,13H,6H2,1H3,(H,15,16). The van der Waals surface area contributed by atoms with Crippen LogP contribution in [-0.4, -0.2) is 10.9 Å². The molecule has 17 heavy (non-hydrogen) atoms. The van der Waals surface area contributed by atoms with E-state index in [1.165, 1.54) is 6.92 Å². The maximum Gasteiger partial charge on any atom is 0.221 e. The van der Waals surface area contributed by atoms with Gasteiger partial charge in [0.25, 0.3) is 0 Å². The van der Waals surface area contributed by atoms with E-state index in [4.69, 9.17) is 0 Å². The Morgan fingerprint density at radius 3 is 2.59 bits per heavy atom. The predicted octanol–water partition coefficient (Wildman–Crippen LogP) is 2.71. The molecule has 0 fully saturated rings. The highest BCUT2D eigenvalue weighted by Gasteiger charge is 1.97. The van der Waals surface area contributed by atoms with Gasteiger partial charge in [0.05, 0.1) is 17.7 Å². The van der Waals surface area contributed by atoms with E-state index in [0.29, 0.717) is 6.54 Å². The molecule has 0 atom stereocenters. The van der Waals surface area contributed by atoms with E-state index in [0.717, 1.165) is 17.1 Å². The molecule has 0 radical (unpaired) electrons. The van der Waals surface area contributed by atoms with Crippen LogP contribution < -0.4 is 10.6 Å². The molecule has 0 aliphatic heterocycles. The number of nitrogens with one attached hydrogen (secondary N) is 2. The van der Waals surface area contributed by atoms with E-state index >= 15 is 0 Å². The average Bonchev–Trinajstić information content (AvgIpc) is 2.80. The van der Waals surface area contributed by atoms with Gasteiger partial charge in [0.15, 0.2) is 0 Å². The zero-order valence-corrected chi connectivity index (χ0v) is 10.3. The van der Waals surface area contributed by atoms with Crippen LogP contribution in [0.4, 0.5) is 11.4 Å². The summed E-state index contributed by atoms with van der Waals surface area (Å²) in [5.74, 6) is -0.0619. The fourth-order valence-corrected chi connectivity index (χ4v) is 1.95. The van der Waals surface area contributed by atoms with Gasteiger partial charge < -0.3 is 10.6 Å². The monoisotopic (exact) mass is 247 g/mol. The summed E-state index contributed by atoms with van der Waals surface area (Å²) in [7, 11) is 0. The molecule has 0 spiro atoms. The van der Waals surface area contributed by atoms with Crippen molar-refractivity contribution in [2.75, 3.05) is 10.6 Å². The highest BCUT2D eigenvalue weighted by molar-refractivity contribution is 7.07. The summed E-state index contributed by atoms with van der Waals surface area (Å²) >= 11 is 1.59. The third-order valence-electron chi connectivity index (χ3n) is 2.16. The minimum Gasteiger partial charge on any atom is -0.379 e. The molecule has 5 heteroatoms. The van der Waals surface area contributed by atoms with Crippen LogP contribution in [0, 0.1) is 0 Å². The van der Waals surface area contributed by atoms with Gasteiger partial charge in [-0.1, -0.05) is 0 Å². The fraction of sp³-hybridized carbons (Fsp3) is 0.167. The second-order valence-electron chi connectivity index (χ2n) is 3.59. The lowest BCUT2D eigenvalue weighted by molar-refractivity contribution is -0.114. The van der Waals surface area contributed by atoms with E-state index in [9.17, 15) is 4.79 Å². The number of hydrogen-bond donors (Lipinski definition) is 2. The van der Waals surface area contributed by atoms with Crippen LogP contribution in [0.3, 0.4) is 0 Å². The van der Waals surface area contributed by atoms with Gasteiger partial charge >= 0.3 is 0 Å². The summed E-state index contributed by atoms with van der Waals surface area (Å²) in [6.07, 6.45) is 0. The molecular formula is C12H13N3OS. The first kappa shape index (κ1) is 11.6. The van der Waals surface area contributed by atoms with Crippen molar-refractivity contribution < 1.29 is 4.79 Å². The molecule has 0 saturated heterocycles. The minimum absolute atomic E-state index is 0.0619. The molecule has 2 aromatic rings. The lowest BCUT2D eigenvalue weighted by Crippen LogP contribution is -2.05. The van der Waals surface area contributed by atoms with Gasteiger partial charge in [-0.3, -0.25) is 4.79 Å². The van der Waals surface area contributed by atoms with Crippen LogP contribution in [0.25, 0.3) is 0 Å². The highest BCUT2D eigenvalue weighted by atomic mass is 32.1.